The fourth-order valence-corrected chi connectivity index (χ4v) is 6.82. The van der Waals surface area contributed by atoms with Gasteiger partial charge in [0.15, 0.2) is 12.4 Å². The normalized spacial score (nSPS) is 17.1. The average Bonchev–Trinajstić information content (AvgIpc) is 3.74. The number of hydrogen-bond donors (Lipinski definition) is 3. The number of amides is 5. The molecule has 0 spiro atoms. The zero-order valence-electron chi connectivity index (χ0n) is 29.0. The second-order valence-electron chi connectivity index (χ2n) is 13.1. The molecule has 16 heteroatoms. The minimum atomic E-state index is -1.10. The predicted molar refractivity (Wildman–Crippen MR) is 182 cm³/mol. The quantitative estimate of drug-likeness (QED) is 0.0900. The summed E-state index contributed by atoms with van der Waals surface area (Å²) in [6.07, 6.45) is 8.31. The highest BCUT2D eigenvalue weighted by molar-refractivity contribution is 6.24. The van der Waals surface area contributed by atoms with Crippen molar-refractivity contribution in [2.75, 3.05) is 19.8 Å². The highest BCUT2D eigenvalue weighted by Gasteiger charge is 2.46. The molecule has 3 N–H and O–H groups in total. The number of H-pyrrole nitrogens is 1. The maximum atomic E-state index is 13.2. The van der Waals surface area contributed by atoms with Crippen LogP contribution in [0.1, 0.15) is 116 Å². The molecule has 1 aliphatic carbocycles. The van der Waals surface area contributed by atoms with E-state index in [0.29, 0.717) is 56.5 Å². The molecule has 6 rings (SSSR count). The first-order valence-corrected chi connectivity index (χ1v) is 17.7. The Labute approximate surface area is 299 Å². The number of Topliss-reactive ketones (excluding diaryl/α,β-unsaturated/α-hetero) is 1. The molecule has 4 heterocycles. The number of imide groups is 2. The molecular weight excluding hydrogens is 674 g/mol. The first kappa shape index (κ1) is 36.1. The van der Waals surface area contributed by atoms with Crippen LogP contribution in [0.5, 0.6) is 5.75 Å². The van der Waals surface area contributed by atoms with Gasteiger partial charge in [-0.15, -0.1) is 5.10 Å². The molecule has 1 saturated heterocycles. The van der Waals surface area contributed by atoms with Crippen molar-refractivity contribution >= 4 is 41.3 Å². The summed E-state index contributed by atoms with van der Waals surface area (Å²) in [5, 5.41) is 13.3. The van der Waals surface area contributed by atoms with Crippen LogP contribution in [0.25, 0.3) is 0 Å². The molecule has 1 atom stereocenters. The van der Waals surface area contributed by atoms with Crippen LogP contribution >= 0.6 is 0 Å². The lowest BCUT2D eigenvalue weighted by Crippen LogP contribution is -2.54. The molecule has 16 nitrogen and oxygen atoms in total. The Morgan fingerprint density at radius 2 is 1.81 bits per heavy atom. The molecule has 3 aliphatic rings. The van der Waals surface area contributed by atoms with Crippen molar-refractivity contribution < 1.29 is 43.0 Å². The van der Waals surface area contributed by atoms with Gasteiger partial charge in [0.25, 0.3) is 17.7 Å². The molecule has 0 radical (unpaired) electrons. The Balaban J connectivity index is 0.860. The number of benzene rings is 1. The van der Waals surface area contributed by atoms with E-state index in [0.717, 1.165) is 47.5 Å². The molecule has 3 aromatic rings. The van der Waals surface area contributed by atoms with Gasteiger partial charge in [-0.25, -0.2) is 4.79 Å². The summed E-state index contributed by atoms with van der Waals surface area (Å²) in [5.74, 6) is -3.22. The van der Waals surface area contributed by atoms with Crippen LogP contribution in [0.3, 0.4) is 0 Å². The molecule has 52 heavy (non-hydrogen) atoms. The number of carbonyl (C=O) groups is 7. The molecule has 2 aromatic heterocycles. The van der Waals surface area contributed by atoms with Gasteiger partial charge in [0, 0.05) is 43.4 Å². The number of nitrogens with zero attached hydrogens (tertiary/aromatic N) is 4. The zero-order chi connectivity index (χ0) is 36.8. The van der Waals surface area contributed by atoms with E-state index in [4.69, 9.17) is 9.47 Å². The summed E-state index contributed by atoms with van der Waals surface area (Å²) in [7, 11) is 0. The van der Waals surface area contributed by atoms with Crippen LogP contribution in [-0.2, 0) is 38.5 Å². The van der Waals surface area contributed by atoms with Crippen LogP contribution in [0, 0.1) is 6.92 Å². The second-order valence-corrected chi connectivity index (χ2v) is 13.1. The second kappa shape index (κ2) is 16.1. The number of rotatable bonds is 15. The highest BCUT2D eigenvalue weighted by atomic mass is 16.5. The van der Waals surface area contributed by atoms with E-state index in [1.54, 1.807) is 4.68 Å². The Morgan fingerprint density at radius 1 is 0.981 bits per heavy atom. The molecule has 274 valence electrons. The third-order valence-corrected chi connectivity index (χ3v) is 9.43. The molecule has 0 saturated carbocycles. The van der Waals surface area contributed by atoms with Gasteiger partial charge in [0.05, 0.1) is 23.4 Å². The molecule has 0 bridgehead atoms. The third-order valence-electron chi connectivity index (χ3n) is 9.43. The first-order valence-electron chi connectivity index (χ1n) is 17.7. The van der Waals surface area contributed by atoms with E-state index in [1.165, 1.54) is 18.2 Å². The van der Waals surface area contributed by atoms with Crippen molar-refractivity contribution in [1.29, 1.82) is 0 Å². The van der Waals surface area contributed by atoms with Gasteiger partial charge < -0.3 is 19.8 Å². The number of fused-ring (bicyclic) bond motifs is 2. The fraction of sp³-hybridized carbons (Fsp3) is 0.472. The lowest BCUT2D eigenvalue weighted by molar-refractivity contribution is -0.136. The lowest BCUT2D eigenvalue weighted by atomic mass is 10.0. The van der Waals surface area contributed by atoms with Gasteiger partial charge in [-0.1, -0.05) is 11.3 Å². The maximum absolute atomic E-state index is 13.2. The van der Waals surface area contributed by atoms with E-state index in [-0.39, 0.29) is 48.7 Å². The van der Waals surface area contributed by atoms with Crippen LogP contribution in [0.2, 0.25) is 0 Å². The van der Waals surface area contributed by atoms with Gasteiger partial charge in [-0.05, 0) is 82.4 Å². The number of aromatic amines is 1. The molecule has 1 unspecified atom stereocenters. The molecule has 1 fully saturated rings. The van der Waals surface area contributed by atoms with Gasteiger partial charge >= 0.3 is 5.97 Å². The number of unbranched alkanes of at least 4 members (excludes halogenated alkanes) is 2. The largest absolute Gasteiger partial charge is 0.483 e. The summed E-state index contributed by atoms with van der Waals surface area (Å²) >= 11 is 0. The number of carbonyl (C=O) groups excluding carboxylic acids is 7. The Kier molecular flexibility index (Phi) is 11.2. The van der Waals surface area contributed by atoms with E-state index in [1.807, 2.05) is 13.1 Å². The van der Waals surface area contributed by atoms with Gasteiger partial charge in [0.1, 0.15) is 17.5 Å². The number of hydrogen-bond acceptors (Lipinski definition) is 11. The number of ketones is 1. The Bertz CT molecular complexity index is 1910. The predicted octanol–water partition coefficient (Wildman–Crippen LogP) is 2.38. The highest BCUT2D eigenvalue weighted by Crippen LogP contribution is 2.33. The maximum Gasteiger partial charge on any atom is 0.355 e. The van der Waals surface area contributed by atoms with E-state index < -0.39 is 41.5 Å². The SMILES string of the molecule is Cc1[nH]c(C(=O)OCCCCc2cn(CCCCNC(=O)COc3cccc4c3C(=O)N(C3CCC(=O)NC3=O)C4=O)nn2)c2c1C(=O)CCCC2. The number of aromatic nitrogens is 4. The fourth-order valence-electron chi connectivity index (χ4n) is 6.82. The minimum absolute atomic E-state index is 0.0122. The van der Waals surface area contributed by atoms with Gasteiger partial charge in [0.2, 0.25) is 11.8 Å². The number of aryl methyl sites for hydroxylation is 3. The summed E-state index contributed by atoms with van der Waals surface area (Å²) in [5.41, 5.74) is 3.43. The van der Waals surface area contributed by atoms with Crippen LogP contribution in [0.4, 0.5) is 0 Å². The molecule has 2 aliphatic heterocycles. The Hall–Kier alpha value is -5.67. The van der Waals surface area contributed by atoms with Crippen LogP contribution < -0.4 is 15.4 Å². The molecular formula is C36H41N7O9. The summed E-state index contributed by atoms with van der Waals surface area (Å²) in [6.45, 7) is 2.70. The zero-order valence-corrected chi connectivity index (χ0v) is 29.0. The van der Waals surface area contributed by atoms with E-state index in [2.05, 4.69) is 25.9 Å². The van der Waals surface area contributed by atoms with Crippen molar-refractivity contribution in [3.8, 4) is 5.75 Å². The Morgan fingerprint density at radius 3 is 2.63 bits per heavy atom. The lowest BCUT2D eigenvalue weighted by Gasteiger charge is -2.27. The molecule has 5 amide bonds. The van der Waals surface area contributed by atoms with Crippen LogP contribution in [0.15, 0.2) is 24.4 Å². The number of esters is 1. The minimum Gasteiger partial charge on any atom is -0.483 e. The summed E-state index contributed by atoms with van der Waals surface area (Å²) < 4.78 is 12.9. The van der Waals surface area contributed by atoms with E-state index in [9.17, 15) is 33.6 Å². The topological polar surface area (TPSA) is 212 Å². The third kappa shape index (κ3) is 7.95. The van der Waals surface area contributed by atoms with Crippen LogP contribution in [-0.4, -0.2) is 92.0 Å². The van der Waals surface area contributed by atoms with Crippen molar-refractivity contribution in [1.82, 2.24) is 35.5 Å². The van der Waals surface area contributed by atoms with Crippen molar-refractivity contribution in [2.45, 2.75) is 90.1 Å². The number of nitrogens with one attached hydrogen (secondary N) is 3. The van der Waals surface area contributed by atoms with Crippen molar-refractivity contribution in [3.63, 3.8) is 0 Å². The first-order chi connectivity index (χ1) is 25.1. The number of ether oxygens (including phenoxy) is 2. The summed E-state index contributed by atoms with van der Waals surface area (Å²) in [6, 6.07) is 3.37. The van der Waals surface area contributed by atoms with Crippen molar-refractivity contribution in [3.05, 3.63) is 63.7 Å². The standard InChI is InChI=1S/C36H41N7O9/c1-21-30-23(10-2-3-12-26(30)44)32(38-21)36(50)51-18-7-4-9-22-19-42(41-40-22)17-6-5-16-37-29(46)20-52-27-13-8-11-24-31(27)35(49)43(34(24)48)25-14-15-28(45)39-33(25)47/h8,11,13,19,25,38H,2-7,9-10,12,14-18,20H2,1H3,(H,37,46)(H,39,45,47). The smallest absolute Gasteiger partial charge is 0.355 e. The monoisotopic (exact) mass is 715 g/mol. The number of piperidine rings is 1. The van der Waals surface area contributed by atoms with Crippen molar-refractivity contribution in [2.24, 2.45) is 0 Å². The molecule has 1 aromatic carbocycles. The van der Waals surface area contributed by atoms with E-state index >= 15 is 0 Å². The average molecular weight is 716 g/mol. The van der Waals surface area contributed by atoms with Gasteiger partial charge in [-0.3, -0.25) is 43.7 Å². The summed E-state index contributed by atoms with van der Waals surface area (Å²) in [4.78, 5) is 91.6. The van der Waals surface area contributed by atoms with Gasteiger partial charge in [-0.2, -0.15) is 0 Å².